The first-order valence-electron chi connectivity index (χ1n) is 16.5. The Hall–Kier alpha value is -4.82. The van der Waals surface area contributed by atoms with Gasteiger partial charge in [0.15, 0.2) is 5.82 Å². The molecule has 3 aromatic rings. The molecule has 2 aromatic carbocycles. The summed E-state index contributed by atoms with van der Waals surface area (Å²) in [5.74, 6) is 0.903. The monoisotopic (exact) mass is 629 g/mol. The van der Waals surface area contributed by atoms with Crippen LogP contribution >= 0.6 is 0 Å². The summed E-state index contributed by atoms with van der Waals surface area (Å²) in [4.78, 5) is 37.5. The van der Waals surface area contributed by atoms with Crippen LogP contribution in [0.1, 0.15) is 49.7 Å². The first-order chi connectivity index (χ1) is 22.6. The number of nitrogen functional groups attached to an aromatic ring is 1. The average Bonchev–Trinajstić information content (AvgIpc) is 3.75. The van der Waals surface area contributed by atoms with Crippen LogP contribution in [0.25, 0.3) is 17.0 Å². The van der Waals surface area contributed by atoms with Crippen molar-refractivity contribution in [3.05, 3.63) is 66.0 Å². The van der Waals surface area contributed by atoms with E-state index in [4.69, 9.17) is 11.1 Å². The third-order valence-corrected chi connectivity index (χ3v) is 11.4. The number of carbonyl (C=O) groups is 2. The number of likely N-dealkylation sites (tertiary alicyclic amines) is 1. The fraction of sp³-hybridized carbons (Fsp3) is 0.444. The van der Waals surface area contributed by atoms with Crippen molar-refractivity contribution in [2.75, 3.05) is 49.9 Å². The van der Waals surface area contributed by atoms with Crippen LogP contribution in [0.4, 0.5) is 11.4 Å². The topological polar surface area (TPSA) is 148 Å². The zero-order valence-electron chi connectivity index (χ0n) is 26.7. The van der Waals surface area contributed by atoms with Crippen LogP contribution in [0, 0.1) is 33.0 Å². The minimum atomic E-state index is -0.492. The Kier molecular flexibility index (Phi) is 6.67. The molecule has 6 aliphatic rings. The van der Waals surface area contributed by atoms with Crippen molar-refractivity contribution in [2.24, 2.45) is 23.3 Å². The highest BCUT2D eigenvalue weighted by atomic mass is 16.2. The van der Waals surface area contributed by atoms with Crippen LogP contribution in [0.3, 0.4) is 0 Å². The van der Waals surface area contributed by atoms with E-state index >= 15 is 0 Å². The molecule has 1 atom stereocenters. The molecule has 47 heavy (non-hydrogen) atoms. The summed E-state index contributed by atoms with van der Waals surface area (Å²) < 4.78 is 1.69. The Morgan fingerprint density at radius 3 is 2.49 bits per heavy atom. The van der Waals surface area contributed by atoms with Crippen LogP contribution < -0.4 is 10.6 Å². The smallest absolute Gasteiger partial charge is 0.237 e. The lowest BCUT2D eigenvalue weighted by Gasteiger charge is -2.67. The summed E-state index contributed by atoms with van der Waals surface area (Å²) in [5.41, 5.74) is 11.2. The highest BCUT2D eigenvalue weighted by Crippen LogP contribution is 2.74. The van der Waals surface area contributed by atoms with E-state index in [1.165, 1.54) is 5.57 Å². The van der Waals surface area contributed by atoms with E-state index < -0.39 is 5.41 Å². The lowest BCUT2D eigenvalue weighted by atomic mass is 9.34. The minimum absolute atomic E-state index is 0.0963. The van der Waals surface area contributed by atoms with Gasteiger partial charge in [-0.3, -0.25) is 19.2 Å². The summed E-state index contributed by atoms with van der Waals surface area (Å²) in [7, 11) is 1.85. The molecule has 2 amide bonds. The van der Waals surface area contributed by atoms with Gasteiger partial charge in [0, 0.05) is 66.9 Å². The predicted molar refractivity (Wildman–Crippen MR) is 178 cm³/mol. The highest BCUT2D eigenvalue weighted by molar-refractivity contribution is 6.10. The van der Waals surface area contributed by atoms with E-state index in [2.05, 4.69) is 39.3 Å². The second-order valence-corrected chi connectivity index (χ2v) is 14.4. The maximum absolute atomic E-state index is 13.9. The molecule has 3 aliphatic heterocycles. The van der Waals surface area contributed by atoms with Crippen molar-refractivity contribution in [3.8, 4) is 17.5 Å². The molecule has 11 nitrogen and oxygen atoms in total. The fourth-order valence-electron chi connectivity index (χ4n) is 8.68. The number of nitrogens with one attached hydrogen (secondary N) is 1. The number of nitrogens with two attached hydrogens (primary N) is 1. The Labute approximate surface area is 274 Å². The van der Waals surface area contributed by atoms with E-state index in [-0.39, 0.29) is 22.6 Å². The number of hydrogen-bond acceptors (Lipinski definition) is 8. The van der Waals surface area contributed by atoms with Gasteiger partial charge in [-0.15, -0.1) is 0 Å². The number of aryl methyl sites for hydroxylation is 1. The molecular weight excluding hydrogens is 590 g/mol. The standard InChI is InChI=1S/C36H39N9O2/c1-42-23-40-32(41-42)26-4-2-24(3-5-26)25-8-12-44(13-9-25)30(46)17-43-14-10-35(22-43)11-15-45(33(35)47)27-6-7-29(38)28(16-27)31(39)36-18-34(19-36,20-36)21-37/h2-8,16,23,39H,9-15,17-20,22,38H2,1H3/t34?,35-,36?/m0/s1. The summed E-state index contributed by atoms with van der Waals surface area (Å²) in [6.45, 7) is 3.48. The summed E-state index contributed by atoms with van der Waals surface area (Å²) in [5, 5.41) is 22.7. The zero-order valence-corrected chi connectivity index (χ0v) is 26.7. The van der Waals surface area contributed by atoms with Gasteiger partial charge in [0.2, 0.25) is 11.8 Å². The average molecular weight is 630 g/mol. The number of anilines is 2. The predicted octanol–water partition coefficient (Wildman–Crippen LogP) is 3.87. The van der Waals surface area contributed by atoms with E-state index in [1.807, 2.05) is 41.1 Å². The van der Waals surface area contributed by atoms with Crippen LogP contribution in [0.5, 0.6) is 0 Å². The lowest BCUT2D eigenvalue weighted by molar-refractivity contribution is -0.132. The second kappa shape index (κ2) is 10.6. The minimum Gasteiger partial charge on any atom is -0.398 e. The van der Waals surface area contributed by atoms with Gasteiger partial charge < -0.3 is 20.9 Å². The van der Waals surface area contributed by atoms with Crippen molar-refractivity contribution >= 4 is 34.5 Å². The highest BCUT2D eigenvalue weighted by Gasteiger charge is 2.70. The van der Waals surface area contributed by atoms with Gasteiger partial charge in [0.1, 0.15) is 6.33 Å². The van der Waals surface area contributed by atoms with Crippen molar-refractivity contribution in [2.45, 2.75) is 38.5 Å². The Morgan fingerprint density at radius 1 is 1.06 bits per heavy atom. The van der Waals surface area contributed by atoms with Gasteiger partial charge in [-0.25, -0.2) is 4.98 Å². The van der Waals surface area contributed by atoms with E-state index in [0.29, 0.717) is 55.5 Å². The summed E-state index contributed by atoms with van der Waals surface area (Å²) in [6.07, 6.45) is 8.31. The molecular formula is C36H39N9O2. The fourth-order valence-corrected chi connectivity index (χ4v) is 8.68. The van der Waals surface area contributed by atoms with Gasteiger partial charge in [0.25, 0.3) is 0 Å². The van der Waals surface area contributed by atoms with Gasteiger partial charge in [-0.1, -0.05) is 30.3 Å². The molecule has 1 aromatic heterocycles. The maximum atomic E-state index is 13.9. The van der Waals surface area contributed by atoms with Crippen molar-refractivity contribution in [1.29, 1.82) is 10.7 Å². The normalized spacial score (nSPS) is 28.2. The summed E-state index contributed by atoms with van der Waals surface area (Å²) >= 11 is 0. The number of carbonyl (C=O) groups excluding carboxylic acids is 2. The Balaban J connectivity index is 0.873. The number of aromatic nitrogens is 3. The molecule has 4 heterocycles. The molecule has 2 saturated heterocycles. The molecule has 1 spiro atoms. The SMILES string of the molecule is Cn1cnc(-c2ccc(C3=CCN(C(=O)CN4CC[C@]5(CCN(c6ccc(N)c(C(=N)C78CC(C#N)(C7)C8)c6)C5=O)C4)CC3)cc2)n1. The molecule has 3 aliphatic carbocycles. The molecule has 11 heteroatoms. The number of rotatable bonds is 7. The van der Waals surface area contributed by atoms with E-state index in [1.54, 1.807) is 17.1 Å². The molecule has 240 valence electrons. The third-order valence-electron chi connectivity index (χ3n) is 11.4. The van der Waals surface area contributed by atoms with Gasteiger partial charge in [0.05, 0.1) is 23.4 Å². The van der Waals surface area contributed by atoms with Gasteiger partial charge >= 0.3 is 0 Å². The van der Waals surface area contributed by atoms with Crippen LogP contribution in [0.15, 0.2) is 54.9 Å². The number of nitrogens with zero attached hydrogens (tertiary/aromatic N) is 7. The number of benzene rings is 2. The lowest BCUT2D eigenvalue weighted by Crippen LogP contribution is -2.64. The molecule has 9 rings (SSSR count). The van der Waals surface area contributed by atoms with Crippen LogP contribution in [-0.4, -0.2) is 81.4 Å². The van der Waals surface area contributed by atoms with Gasteiger partial charge in [-0.2, -0.15) is 10.4 Å². The van der Waals surface area contributed by atoms with Crippen molar-refractivity contribution in [1.82, 2.24) is 24.6 Å². The third kappa shape index (κ3) is 4.76. The van der Waals surface area contributed by atoms with E-state index in [0.717, 1.165) is 61.9 Å². The molecule has 5 fully saturated rings. The largest absolute Gasteiger partial charge is 0.398 e. The van der Waals surface area contributed by atoms with Crippen LogP contribution in [-0.2, 0) is 16.6 Å². The Bertz CT molecular complexity index is 1870. The van der Waals surface area contributed by atoms with Crippen LogP contribution in [0.2, 0.25) is 0 Å². The van der Waals surface area contributed by atoms with Crippen molar-refractivity contribution in [3.63, 3.8) is 0 Å². The summed E-state index contributed by atoms with van der Waals surface area (Å²) in [6, 6.07) is 16.3. The molecule has 0 unspecified atom stereocenters. The molecule has 3 N–H and O–H groups in total. The Morgan fingerprint density at radius 2 is 1.81 bits per heavy atom. The first kappa shape index (κ1) is 29.6. The zero-order chi connectivity index (χ0) is 32.6. The first-order valence-corrected chi connectivity index (χ1v) is 16.5. The number of hydrogen-bond donors (Lipinski definition) is 2. The molecule has 2 bridgehead atoms. The maximum Gasteiger partial charge on any atom is 0.237 e. The number of nitriles is 1. The second-order valence-electron chi connectivity index (χ2n) is 14.4. The number of amides is 2. The van der Waals surface area contributed by atoms with E-state index in [9.17, 15) is 14.9 Å². The van der Waals surface area contributed by atoms with Gasteiger partial charge in [-0.05, 0) is 74.4 Å². The quantitative estimate of drug-likeness (QED) is 0.298. The molecule has 0 radical (unpaired) electrons. The van der Waals surface area contributed by atoms with Crippen molar-refractivity contribution < 1.29 is 9.59 Å². The molecule has 3 saturated carbocycles.